The lowest BCUT2D eigenvalue weighted by molar-refractivity contribution is 0.102. The molecule has 31 heavy (non-hydrogen) atoms. The molecule has 0 aliphatic carbocycles. The first-order valence-electron chi connectivity index (χ1n) is 8.88. The zero-order valence-electron chi connectivity index (χ0n) is 16.7. The van der Waals surface area contributed by atoms with Gasteiger partial charge in [-0.05, 0) is 49.4 Å². The molecular weight excluding hydrogens is 464 g/mol. The van der Waals surface area contributed by atoms with E-state index in [2.05, 4.69) is 20.2 Å². The third-order valence-electron chi connectivity index (χ3n) is 4.20. The van der Waals surface area contributed by atoms with E-state index in [4.69, 9.17) is 21.1 Å². The molecule has 0 aliphatic rings. The SMILES string of the molecule is COc1ccc(OC)c(C(C)NS(=O)(=O)c2nnc(NC(=O)c3ccc(Cl)cc3)s2)c1. The molecule has 0 saturated carbocycles. The maximum atomic E-state index is 12.8. The summed E-state index contributed by atoms with van der Waals surface area (Å²) >= 11 is 6.55. The molecule has 2 aromatic carbocycles. The van der Waals surface area contributed by atoms with Gasteiger partial charge in [0.1, 0.15) is 11.5 Å². The van der Waals surface area contributed by atoms with Gasteiger partial charge in [-0.25, -0.2) is 13.1 Å². The standard InChI is InChI=1S/C19H19ClN4O5S2/c1-11(15-10-14(28-2)8-9-16(15)29-3)24-31(26,27)19-23-22-18(30-19)21-17(25)12-4-6-13(20)7-5-12/h4-11,24H,1-3H3,(H,21,22,25). The summed E-state index contributed by atoms with van der Waals surface area (Å²) in [6, 6.07) is 10.7. The topological polar surface area (TPSA) is 120 Å². The maximum absolute atomic E-state index is 12.8. The molecular formula is C19H19ClN4O5S2. The number of hydrogen-bond donors (Lipinski definition) is 2. The molecule has 0 saturated heterocycles. The van der Waals surface area contributed by atoms with Gasteiger partial charge in [-0.1, -0.05) is 22.9 Å². The van der Waals surface area contributed by atoms with Gasteiger partial charge in [0.25, 0.3) is 15.9 Å². The van der Waals surface area contributed by atoms with Crippen molar-refractivity contribution in [3.8, 4) is 11.5 Å². The third kappa shape index (κ3) is 5.50. The first-order valence-corrected chi connectivity index (χ1v) is 11.6. The van der Waals surface area contributed by atoms with Crippen molar-refractivity contribution >= 4 is 44.0 Å². The predicted octanol–water partition coefficient (Wildman–Crippen LogP) is 3.50. The van der Waals surface area contributed by atoms with E-state index in [0.717, 1.165) is 11.3 Å². The minimum atomic E-state index is -4.01. The first-order chi connectivity index (χ1) is 14.7. The predicted molar refractivity (Wildman–Crippen MR) is 118 cm³/mol. The summed E-state index contributed by atoms with van der Waals surface area (Å²) in [5, 5.41) is 10.5. The molecule has 2 N–H and O–H groups in total. The zero-order chi connectivity index (χ0) is 22.6. The molecule has 0 spiro atoms. The highest BCUT2D eigenvalue weighted by atomic mass is 35.5. The quantitative estimate of drug-likeness (QED) is 0.471. The summed E-state index contributed by atoms with van der Waals surface area (Å²) in [5.74, 6) is 0.605. The van der Waals surface area contributed by atoms with Crippen molar-refractivity contribution in [3.63, 3.8) is 0 Å². The van der Waals surface area contributed by atoms with Crippen molar-refractivity contribution in [3.05, 3.63) is 58.6 Å². The molecule has 1 atom stereocenters. The number of amides is 1. The van der Waals surface area contributed by atoms with Gasteiger partial charge in [0.15, 0.2) is 0 Å². The number of benzene rings is 2. The molecule has 1 heterocycles. The van der Waals surface area contributed by atoms with Crippen molar-refractivity contribution in [1.29, 1.82) is 0 Å². The number of rotatable bonds is 8. The number of methoxy groups -OCH3 is 2. The van der Waals surface area contributed by atoms with Crippen LogP contribution in [-0.4, -0.2) is 38.7 Å². The lowest BCUT2D eigenvalue weighted by atomic mass is 10.1. The number of carbonyl (C=O) groups is 1. The second-order valence-electron chi connectivity index (χ2n) is 6.28. The smallest absolute Gasteiger partial charge is 0.270 e. The fourth-order valence-corrected chi connectivity index (χ4v) is 4.92. The highest BCUT2D eigenvalue weighted by Gasteiger charge is 2.25. The van der Waals surface area contributed by atoms with Gasteiger partial charge in [0.05, 0.1) is 14.2 Å². The van der Waals surface area contributed by atoms with Crippen LogP contribution in [0, 0.1) is 0 Å². The Morgan fingerprint density at radius 1 is 1.10 bits per heavy atom. The minimum Gasteiger partial charge on any atom is -0.497 e. The normalized spacial score (nSPS) is 12.3. The first kappa shape index (κ1) is 22.9. The van der Waals surface area contributed by atoms with Crippen LogP contribution in [0.2, 0.25) is 5.02 Å². The number of aromatic nitrogens is 2. The molecule has 3 rings (SSSR count). The summed E-state index contributed by atoms with van der Waals surface area (Å²) in [6.07, 6.45) is 0. The minimum absolute atomic E-state index is 0.0481. The monoisotopic (exact) mass is 482 g/mol. The number of nitrogens with one attached hydrogen (secondary N) is 2. The van der Waals surface area contributed by atoms with Crippen molar-refractivity contribution in [2.24, 2.45) is 0 Å². The van der Waals surface area contributed by atoms with Crippen LogP contribution >= 0.6 is 22.9 Å². The average molecular weight is 483 g/mol. The molecule has 1 amide bonds. The van der Waals surface area contributed by atoms with Crippen molar-refractivity contribution in [2.45, 2.75) is 17.3 Å². The largest absolute Gasteiger partial charge is 0.497 e. The van der Waals surface area contributed by atoms with Crippen LogP contribution in [0.4, 0.5) is 5.13 Å². The third-order valence-corrected chi connectivity index (χ3v) is 7.20. The van der Waals surface area contributed by atoms with Crippen LogP contribution in [0.3, 0.4) is 0 Å². The fourth-order valence-electron chi connectivity index (χ4n) is 2.66. The van der Waals surface area contributed by atoms with Crippen LogP contribution in [0.1, 0.15) is 28.9 Å². The fraction of sp³-hybridized carbons (Fsp3) is 0.211. The van der Waals surface area contributed by atoms with E-state index in [0.29, 0.717) is 27.6 Å². The number of halogens is 1. The Bertz CT molecular complexity index is 1180. The van der Waals surface area contributed by atoms with E-state index < -0.39 is 22.0 Å². The summed E-state index contributed by atoms with van der Waals surface area (Å²) in [6.45, 7) is 1.67. The molecule has 164 valence electrons. The van der Waals surface area contributed by atoms with Crippen LogP contribution < -0.4 is 19.5 Å². The number of hydrogen-bond acceptors (Lipinski definition) is 8. The molecule has 9 nitrogen and oxygen atoms in total. The van der Waals surface area contributed by atoms with Gasteiger partial charge in [0.2, 0.25) is 9.47 Å². The Labute approximate surface area is 188 Å². The van der Waals surface area contributed by atoms with E-state index >= 15 is 0 Å². The molecule has 0 radical (unpaired) electrons. The highest BCUT2D eigenvalue weighted by molar-refractivity contribution is 7.91. The van der Waals surface area contributed by atoms with Crippen molar-refractivity contribution in [1.82, 2.24) is 14.9 Å². The Morgan fingerprint density at radius 3 is 2.45 bits per heavy atom. The van der Waals surface area contributed by atoms with Gasteiger partial charge in [-0.3, -0.25) is 10.1 Å². The molecule has 0 fully saturated rings. The second kappa shape index (κ2) is 9.60. The molecule has 1 aromatic heterocycles. The number of nitrogens with zero attached hydrogens (tertiary/aromatic N) is 2. The Hall–Kier alpha value is -2.73. The van der Waals surface area contributed by atoms with E-state index in [9.17, 15) is 13.2 Å². The van der Waals surface area contributed by atoms with Gasteiger partial charge in [-0.2, -0.15) is 0 Å². The maximum Gasteiger partial charge on any atom is 0.270 e. The summed E-state index contributed by atoms with van der Waals surface area (Å²) in [5.41, 5.74) is 0.937. The summed E-state index contributed by atoms with van der Waals surface area (Å²) in [4.78, 5) is 12.3. The summed E-state index contributed by atoms with van der Waals surface area (Å²) < 4.78 is 38.3. The van der Waals surface area contributed by atoms with E-state index in [-0.39, 0.29) is 9.47 Å². The van der Waals surface area contributed by atoms with Crippen molar-refractivity contribution in [2.75, 3.05) is 19.5 Å². The number of anilines is 1. The van der Waals surface area contributed by atoms with Gasteiger partial charge < -0.3 is 9.47 Å². The highest BCUT2D eigenvalue weighted by Crippen LogP contribution is 2.31. The molecule has 12 heteroatoms. The van der Waals surface area contributed by atoms with Crippen LogP contribution in [0.25, 0.3) is 0 Å². The van der Waals surface area contributed by atoms with Crippen LogP contribution in [0.5, 0.6) is 11.5 Å². The molecule has 3 aromatic rings. The molecule has 0 aliphatic heterocycles. The average Bonchev–Trinajstić information content (AvgIpc) is 3.23. The van der Waals surface area contributed by atoms with Crippen LogP contribution in [-0.2, 0) is 10.0 Å². The van der Waals surface area contributed by atoms with E-state index in [1.54, 1.807) is 49.4 Å². The van der Waals surface area contributed by atoms with Gasteiger partial charge >= 0.3 is 0 Å². The lowest BCUT2D eigenvalue weighted by Crippen LogP contribution is -2.27. The zero-order valence-corrected chi connectivity index (χ0v) is 19.1. The Kier molecular flexibility index (Phi) is 7.11. The lowest BCUT2D eigenvalue weighted by Gasteiger charge is -2.17. The van der Waals surface area contributed by atoms with E-state index in [1.807, 2.05) is 0 Å². The summed E-state index contributed by atoms with van der Waals surface area (Å²) in [7, 11) is -0.999. The Morgan fingerprint density at radius 2 is 1.81 bits per heavy atom. The van der Waals surface area contributed by atoms with E-state index in [1.165, 1.54) is 14.2 Å². The van der Waals surface area contributed by atoms with Crippen LogP contribution in [0.15, 0.2) is 46.8 Å². The van der Waals surface area contributed by atoms with Gasteiger partial charge in [0, 0.05) is 22.2 Å². The Balaban J connectivity index is 1.75. The molecule has 1 unspecified atom stereocenters. The van der Waals surface area contributed by atoms with Gasteiger partial charge in [-0.15, -0.1) is 10.2 Å². The number of ether oxygens (including phenoxy) is 2. The molecule has 0 bridgehead atoms. The second-order valence-corrected chi connectivity index (χ2v) is 9.59. The number of sulfonamides is 1. The number of carbonyl (C=O) groups excluding carboxylic acids is 1. The van der Waals surface area contributed by atoms with Crippen molar-refractivity contribution < 1.29 is 22.7 Å².